The predicted octanol–water partition coefficient (Wildman–Crippen LogP) is 18.5. The summed E-state index contributed by atoms with van der Waals surface area (Å²) in [6, 6.07) is 96.1. The van der Waals surface area contributed by atoms with E-state index in [1.165, 1.54) is 44.1 Å². The molecule has 69 heavy (non-hydrogen) atoms. The minimum Gasteiger partial charge on any atom is -0.455 e. The average molecular weight is 881 g/mol. The summed E-state index contributed by atoms with van der Waals surface area (Å²) in [4.78, 5) is 2.38. The lowest BCUT2D eigenvalue weighted by Crippen LogP contribution is -2.10. The van der Waals surface area contributed by atoms with Crippen LogP contribution in [0.5, 0.6) is 0 Å². The van der Waals surface area contributed by atoms with Crippen LogP contribution in [0.4, 0.5) is 17.1 Å². The van der Waals surface area contributed by atoms with Gasteiger partial charge in [-0.15, -0.1) is 0 Å². The van der Waals surface area contributed by atoms with Crippen molar-refractivity contribution in [1.29, 1.82) is 0 Å². The molecule has 2 aromatic heterocycles. The van der Waals surface area contributed by atoms with E-state index in [-0.39, 0.29) is 0 Å². The molecule has 324 valence electrons. The van der Waals surface area contributed by atoms with E-state index in [1.807, 2.05) is 12.1 Å². The molecular weight excluding hydrogens is 837 g/mol. The number of furan rings is 1. The van der Waals surface area contributed by atoms with Gasteiger partial charge in [0.15, 0.2) is 0 Å². The highest BCUT2D eigenvalue weighted by Gasteiger charge is 2.19. The molecule has 0 fully saturated rings. The molecule has 0 atom stereocenters. The SMILES string of the molecule is c1ccc(-c2cccc(-c3cccc(N(c4ccc(-c5cccc6c5oc5ccccc56)cc4)c4cccc(-c5cccc(-c6ccccc6-n6c7ccccc7c7ccccc76)c5)c4)c3)c2)cc1. The monoisotopic (exact) mass is 880 g/mol. The van der Waals surface area contributed by atoms with Crippen LogP contribution >= 0.6 is 0 Å². The molecule has 0 aliphatic carbocycles. The number of para-hydroxylation sites is 5. The molecular formula is C66H44N2O. The van der Waals surface area contributed by atoms with Crippen molar-refractivity contribution in [2.45, 2.75) is 0 Å². The number of hydrogen-bond donors (Lipinski definition) is 0. The Kier molecular flexibility index (Phi) is 9.84. The first-order valence-electron chi connectivity index (χ1n) is 23.6. The van der Waals surface area contributed by atoms with Gasteiger partial charge in [0.05, 0.1) is 16.7 Å². The van der Waals surface area contributed by atoms with Gasteiger partial charge in [0.1, 0.15) is 11.2 Å². The molecule has 13 rings (SSSR count). The Bertz CT molecular complexity index is 3970. The number of nitrogens with zero attached hydrogens (tertiary/aromatic N) is 2. The second kappa shape index (κ2) is 16.9. The van der Waals surface area contributed by atoms with Gasteiger partial charge in [-0.1, -0.05) is 194 Å². The molecule has 0 bridgehead atoms. The van der Waals surface area contributed by atoms with Gasteiger partial charge in [0, 0.05) is 49.7 Å². The molecule has 0 spiro atoms. The van der Waals surface area contributed by atoms with Crippen LogP contribution in [0, 0.1) is 0 Å². The van der Waals surface area contributed by atoms with Crippen LogP contribution in [0.3, 0.4) is 0 Å². The standard InChI is InChI=1S/C66H44N2O/c1-2-17-45(18-3-1)47-19-12-20-48(41-47)50-22-14-25-54(43-50)67(53-39-37-46(38-40-53)57-31-16-32-61-60-30-7-11-36-65(60)69-66(57)61)55-26-15-23-51(44-55)49-21-13-24-52(42-49)56-27-4-8-33-62(56)68-63-34-9-5-28-58(63)59-29-6-10-35-64(59)68/h1-44H. The van der Waals surface area contributed by atoms with E-state index < -0.39 is 0 Å². The van der Waals surface area contributed by atoms with Gasteiger partial charge in [0.2, 0.25) is 0 Å². The van der Waals surface area contributed by atoms with Crippen molar-refractivity contribution in [3.05, 3.63) is 267 Å². The fourth-order valence-corrected chi connectivity index (χ4v) is 10.3. The Balaban J connectivity index is 0.917. The first kappa shape index (κ1) is 40.1. The van der Waals surface area contributed by atoms with E-state index in [9.17, 15) is 0 Å². The van der Waals surface area contributed by atoms with Crippen molar-refractivity contribution >= 4 is 60.8 Å². The van der Waals surface area contributed by atoms with E-state index in [1.54, 1.807) is 0 Å². The largest absolute Gasteiger partial charge is 0.455 e. The predicted molar refractivity (Wildman–Crippen MR) is 290 cm³/mol. The summed E-state index contributed by atoms with van der Waals surface area (Å²) in [5, 5.41) is 4.76. The summed E-state index contributed by atoms with van der Waals surface area (Å²) < 4.78 is 8.90. The Labute approximate surface area is 401 Å². The van der Waals surface area contributed by atoms with E-state index in [2.05, 4.69) is 264 Å². The quantitative estimate of drug-likeness (QED) is 0.144. The zero-order chi connectivity index (χ0) is 45.7. The van der Waals surface area contributed by atoms with Gasteiger partial charge < -0.3 is 13.9 Å². The molecule has 3 nitrogen and oxygen atoms in total. The Morgan fingerprint density at radius 2 is 0.739 bits per heavy atom. The fraction of sp³-hybridized carbons (Fsp3) is 0. The van der Waals surface area contributed by atoms with Gasteiger partial charge >= 0.3 is 0 Å². The third-order valence-electron chi connectivity index (χ3n) is 13.6. The molecule has 11 aromatic carbocycles. The summed E-state index contributed by atoms with van der Waals surface area (Å²) >= 11 is 0. The molecule has 3 heteroatoms. The highest BCUT2D eigenvalue weighted by atomic mass is 16.3. The molecule has 0 aliphatic rings. The maximum absolute atomic E-state index is 6.49. The zero-order valence-electron chi connectivity index (χ0n) is 37.7. The molecule has 0 unspecified atom stereocenters. The van der Waals surface area contributed by atoms with E-state index >= 15 is 0 Å². The van der Waals surface area contributed by atoms with Crippen LogP contribution in [0.1, 0.15) is 0 Å². The van der Waals surface area contributed by atoms with Gasteiger partial charge in [0.25, 0.3) is 0 Å². The molecule has 0 saturated heterocycles. The second-order valence-electron chi connectivity index (χ2n) is 17.7. The highest BCUT2D eigenvalue weighted by molar-refractivity contribution is 6.11. The van der Waals surface area contributed by atoms with Crippen molar-refractivity contribution in [1.82, 2.24) is 4.57 Å². The van der Waals surface area contributed by atoms with E-state index in [0.717, 1.165) is 78.1 Å². The maximum Gasteiger partial charge on any atom is 0.143 e. The Hall–Kier alpha value is -9.18. The molecule has 0 amide bonds. The first-order chi connectivity index (χ1) is 34.2. The highest BCUT2D eigenvalue weighted by Crippen LogP contribution is 2.42. The van der Waals surface area contributed by atoms with Gasteiger partial charge in [-0.2, -0.15) is 0 Å². The first-order valence-corrected chi connectivity index (χ1v) is 23.6. The number of aromatic nitrogens is 1. The zero-order valence-corrected chi connectivity index (χ0v) is 37.7. The van der Waals surface area contributed by atoms with Crippen molar-refractivity contribution in [2.75, 3.05) is 4.90 Å². The minimum absolute atomic E-state index is 0.898. The summed E-state index contributed by atoms with van der Waals surface area (Å²) in [6.07, 6.45) is 0. The van der Waals surface area contributed by atoms with Crippen molar-refractivity contribution in [2.24, 2.45) is 0 Å². The van der Waals surface area contributed by atoms with Crippen LogP contribution < -0.4 is 4.90 Å². The van der Waals surface area contributed by atoms with Gasteiger partial charge in [-0.3, -0.25) is 0 Å². The fourth-order valence-electron chi connectivity index (χ4n) is 10.3. The average Bonchev–Trinajstić information content (AvgIpc) is 3.98. The second-order valence-corrected chi connectivity index (χ2v) is 17.7. The Morgan fingerprint density at radius 1 is 0.275 bits per heavy atom. The normalized spacial score (nSPS) is 11.5. The van der Waals surface area contributed by atoms with Crippen LogP contribution in [0.2, 0.25) is 0 Å². The smallest absolute Gasteiger partial charge is 0.143 e. The topological polar surface area (TPSA) is 21.3 Å². The molecule has 2 heterocycles. The van der Waals surface area contributed by atoms with Crippen molar-refractivity contribution in [3.63, 3.8) is 0 Å². The number of fused-ring (bicyclic) bond motifs is 6. The summed E-state index contributed by atoms with van der Waals surface area (Å²) in [7, 11) is 0. The molecule has 0 saturated carbocycles. The summed E-state index contributed by atoms with van der Waals surface area (Å²) in [5.41, 5.74) is 20.0. The number of rotatable bonds is 9. The third kappa shape index (κ3) is 7.16. The molecule has 0 radical (unpaired) electrons. The lowest BCUT2D eigenvalue weighted by molar-refractivity contribution is 0.670. The minimum atomic E-state index is 0.898. The van der Waals surface area contributed by atoms with E-state index in [4.69, 9.17) is 4.42 Å². The summed E-state index contributed by atoms with van der Waals surface area (Å²) in [6.45, 7) is 0. The van der Waals surface area contributed by atoms with Crippen LogP contribution in [-0.4, -0.2) is 4.57 Å². The summed E-state index contributed by atoms with van der Waals surface area (Å²) in [5.74, 6) is 0. The Morgan fingerprint density at radius 3 is 1.42 bits per heavy atom. The van der Waals surface area contributed by atoms with Crippen LogP contribution in [-0.2, 0) is 0 Å². The van der Waals surface area contributed by atoms with E-state index in [0.29, 0.717) is 0 Å². The number of anilines is 3. The molecule has 13 aromatic rings. The molecule has 0 aliphatic heterocycles. The van der Waals surface area contributed by atoms with Crippen LogP contribution in [0.15, 0.2) is 271 Å². The molecule has 0 N–H and O–H groups in total. The number of benzene rings is 11. The van der Waals surface area contributed by atoms with Crippen LogP contribution in [0.25, 0.3) is 105 Å². The third-order valence-corrected chi connectivity index (χ3v) is 13.6. The lowest BCUT2D eigenvalue weighted by atomic mass is 9.97. The van der Waals surface area contributed by atoms with Gasteiger partial charge in [-0.25, -0.2) is 0 Å². The van der Waals surface area contributed by atoms with Gasteiger partial charge in [-0.05, 0) is 117 Å². The van der Waals surface area contributed by atoms with Crippen molar-refractivity contribution < 1.29 is 4.42 Å². The lowest BCUT2D eigenvalue weighted by Gasteiger charge is -2.27. The maximum atomic E-state index is 6.49. The van der Waals surface area contributed by atoms with Crippen molar-refractivity contribution in [3.8, 4) is 61.3 Å². The number of hydrogen-bond acceptors (Lipinski definition) is 2.